The molecule has 1 aliphatic rings. The zero-order valence-electron chi connectivity index (χ0n) is 10.6. The molecule has 1 heterocycles. The van der Waals surface area contributed by atoms with Crippen LogP contribution in [-0.2, 0) is 0 Å². The van der Waals surface area contributed by atoms with Crippen molar-refractivity contribution in [1.82, 2.24) is 0 Å². The van der Waals surface area contributed by atoms with Crippen LogP contribution in [0.3, 0.4) is 0 Å². The average molecular weight is 333 g/mol. The normalized spacial score (nSPS) is 13.6. The van der Waals surface area contributed by atoms with E-state index >= 15 is 0 Å². The van der Waals surface area contributed by atoms with Crippen LogP contribution in [0.2, 0.25) is 0 Å². The highest BCUT2D eigenvalue weighted by Gasteiger charge is 2.20. The largest absolute Gasteiger partial charge is 0.478 e. The van der Waals surface area contributed by atoms with Crippen LogP contribution in [0.4, 0.5) is 17.1 Å². The molecule has 3 rings (SSSR count). The van der Waals surface area contributed by atoms with E-state index in [0.717, 1.165) is 34.6 Å². The number of anilines is 3. The fraction of sp³-hybridized carbons (Fsp3) is 0.133. The molecule has 0 amide bonds. The Morgan fingerprint density at radius 2 is 2.00 bits per heavy atom. The third kappa shape index (κ3) is 2.25. The zero-order chi connectivity index (χ0) is 14.1. The number of fused-ring (bicyclic) bond motifs is 1. The molecule has 1 aliphatic heterocycles. The lowest BCUT2D eigenvalue weighted by atomic mass is 10.1. The molecule has 0 aliphatic carbocycles. The van der Waals surface area contributed by atoms with Gasteiger partial charge in [-0.25, -0.2) is 4.79 Å². The second kappa shape index (κ2) is 5.17. The molecular weight excluding hydrogens is 320 g/mol. The second-order valence-corrected chi connectivity index (χ2v) is 5.42. The van der Waals surface area contributed by atoms with Gasteiger partial charge in [0.2, 0.25) is 0 Å². The Morgan fingerprint density at radius 1 is 1.20 bits per heavy atom. The molecule has 0 unspecified atom stereocenters. The Morgan fingerprint density at radius 3 is 2.75 bits per heavy atom. The molecule has 0 saturated carbocycles. The highest BCUT2D eigenvalue weighted by molar-refractivity contribution is 9.10. The summed E-state index contributed by atoms with van der Waals surface area (Å²) in [5.41, 5.74) is 3.23. The van der Waals surface area contributed by atoms with E-state index in [2.05, 4.69) is 26.1 Å². The van der Waals surface area contributed by atoms with Gasteiger partial charge in [0.05, 0.1) is 22.6 Å². The van der Waals surface area contributed by atoms with Crippen molar-refractivity contribution >= 4 is 39.0 Å². The van der Waals surface area contributed by atoms with Crippen LogP contribution >= 0.6 is 15.9 Å². The maximum Gasteiger partial charge on any atom is 0.335 e. The molecule has 0 aromatic heterocycles. The van der Waals surface area contributed by atoms with Gasteiger partial charge < -0.3 is 15.3 Å². The van der Waals surface area contributed by atoms with Crippen molar-refractivity contribution in [2.24, 2.45) is 0 Å². The Bertz CT molecular complexity index is 673. The monoisotopic (exact) mass is 332 g/mol. The van der Waals surface area contributed by atoms with Crippen LogP contribution in [0.1, 0.15) is 10.4 Å². The van der Waals surface area contributed by atoms with Crippen molar-refractivity contribution < 1.29 is 9.90 Å². The van der Waals surface area contributed by atoms with Crippen LogP contribution in [0.5, 0.6) is 0 Å². The molecule has 2 aromatic rings. The van der Waals surface area contributed by atoms with Crippen molar-refractivity contribution in [3.8, 4) is 0 Å². The van der Waals surface area contributed by atoms with E-state index in [1.54, 1.807) is 12.1 Å². The SMILES string of the molecule is O=C(O)c1ccc2c(c1)NCCN2c1ccccc1Br. The van der Waals surface area contributed by atoms with Gasteiger partial charge in [0, 0.05) is 17.6 Å². The van der Waals surface area contributed by atoms with Crippen LogP contribution in [0, 0.1) is 0 Å². The molecule has 2 aromatic carbocycles. The highest BCUT2D eigenvalue weighted by Crippen LogP contribution is 2.38. The first kappa shape index (κ1) is 13.0. The minimum absolute atomic E-state index is 0.297. The predicted octanol–water partition coefficient (Wildman–Crippen LogP) is 3.71. The number of nitrogens with zero attached hydrogens (tertiary/aromatic N) is 1. The van der Waals surface area contributed by atoms with Crippen molar-refractivity contribution in [2.75, 3.05) is 23.3 Å². The Hall–Kier alpha value is -2.01. The molecule has 0 fully saturated rings. The van der Waals surface area contributed by atoms with E-state index in [9.17, 15) is 4.79 Å². The van der Waals surface area contributed by atoms with Crippen LogP contribution in [-0.4, -0.2) is 24.2 Å². The first-order chi connectivity index (χ1) is 9.66. The van der Waals surface area contributed by atoms with Crippen LogP contribution in [0.25, 0.3) is 0 Å². The van der Waals surface area contributed by atoms with Gasteiger partial charge >= 0.3 is 5.97 Å². The molecule has 102 valence electrons. The van der Waals surface area contributed by atoms with Gasteiger partial charge in [-0.15, -0.1) is 0 Å². The first-order valence-electron chi connectivity index (χ1n) is 6.30. The summed E-state index contributed by atoms with van der Waals surface area (Å²) in [6.45, 7) is 1.61. The molecule has 20 heavy (non-hydrogen) atoms. The summed E-state index contributed by atoms with van der Waals surface area (Å²) in [6, 6.07) is 13.2. The number of para-hydroxylation sites is 1. The third-order valence-corrected chi connectivity index (χ3v) is 4.00. The van der Waals surface area contributed by atoms with Crippen molar-refractivity contribution in [2.45, 2.75) is 0 Å². The van der Waals surface area contributed by atoms with E-state index in [1.807, 2.05) is 30.3 Å². The number of hydrogen-bond acceptors (Lipinski definition) is 3. The lowest BCUT2D eigenvalue weighted by Gasteiger charge is -2.33. The van der Waals surface area contributed by atoms with Crippen molar-refractivity contribution in [1.29, 1.82) is 0 Å². The number of rotatable bonds is 2. The minimum atomic E-state index is -0.910. The van der Waals surface area contributed by atoms with Crippen molar-refractivity contribution in [3.05, 3.63) is 52.5 Å². The maximum absolute atomic E-state index is 11.0. The molecule has 0 saturated heterocycles. The molecule has 5 heteroatoms. The number of hydrogen-bond donors (Lipinski definition) is 2. The number of halogens is 1. The summed E-state index contributed by atoms with van der Waals surface area (Å²) < 4.78 is 1.02. The molecule has 4 nitrogen and oxygen atoms in total. The Labute approximate surface area is 125 Å². The van der Waals surface area contributed by atoms with E-state index < -0.39 is 5.97 Å². The number of carboxylic acid groups (broad SMARTS) is 1. The lowest BCUT2D eigenvalue weighted by molar-refractivity contribution is 0.0697. The molecule has 0 spiro atoms. The van der Waals surface area contributed by atoms with Crippen LogP contribution in [0.15, 0.2) is 46.9 Å². The fourth-order valence-corrected chi connectivity index (χ4v) is 2.89. The minimum Gasteiger partial charge on any atom is -0.478 e. The van der Waals surface area contributed by atoms with Crippen molar-refractivity contribution in [3.63, 3.8) is 0 Å². The molecule has 2 N–H and O–H groups in total. The van der Waals surface area contributed by atoms with Gasteiger partial charge in [-0.05, 0) is 46.3 Å². The molecular formula is C15H13BrN2O2. The van der Waals surface area contributed by atoms with Gasteiger partial charge in [0.1, 0.15) is 0 Å². The molecule has 0 bridgehead atoms. The lowest BCUT2D eigenvalue weighted by Crippen LogP contribution is -2.30. The van der Waals surface area contributed by atoms with Gasteiger partial charge in [-0.2, -0.15) is 0 Å². The zero-order valence-corrected chi connectivity index (χ0v) is 12.2. The summed E-state index contributed by atoms with van der Waals surface area (Å²) in [5.74, 6) is -0.910. The summed E-state index contributed by atoms with van der Waals surface area (Å²) in [4.78, 5) is 13.2. The van der Waals surface area contributed by atoms with Gasteiger partial charge in [-0.1, -0.05) is 12.1 Å². The topological polar surface area (TPSA) is 52.6 Å². The molecule has 0 atom stereocenters. The smallest absolute Gasteiger partial charge is 0.335 e. The molecule has 0 radical (unpaired) electrons. The number of nitrogens with one attached hydrogen (secondary N) is 1. The summed E-state index contributed by atoms with van der Waals surface area (Å²) in [6.07, 6.45) is 0. The fourth-order valence-electron chi connectivity index (χ4n) is 2.39. The summed E-state index contributed by atoms with van der Waals surface area (Å²) in [7, 11) is 0. The Balaban J connectivity index is 2.07. The van der Waals surface area contributed by atoms with E-state index in [0.29, 0.717) is 5.56 Å². The van der Waals surface area contributed by atoms with E-state index in [1.165, 1.54) is 0 Å². The third-order valence-electron chi connectivity index (χ3n) is 3.33. The van der Waals surface area contributed by atoms with E-state index in [-0.39, 0.29) is 0 Å². The maximum atomic E-state index is 11.0. The Kier molecular flexibility index (Phi) is 3.36. The standard InChI is InChI=1S/C15H13BrN2O2/c16-11-3-1-2-4-13(11)18-8-7-17-12-9-10(15(19)20)5-6-14(12)18/h1-6,9,17H,7-8H2,(H,19,20). The average Bonchev–Trinajstić information content (AvgIpc) is 2.46. The number of aromatic carboxylic acids is 1. The van der Waals surface area contributed by atoms with E-state index in [4.69, 9.17) is 5.11 Å². The number of benzene rings is 2. The number of carbonyl (C=O) groups is 1. The van der Waals surface area contributed by atoms with Crippen LogP contribution < -0.4 is 10.2 Å². The van der Waals surface area contributed by atoms with Gasteiger partial charge in [0.15, 0.2) is 0 Å². The van der Waals surface area contributed by atoms with Gasteiger partial charge in [0.25, 0.3) is 0 Å². The predicted molar refractivity (Wildman–Crippen MR) is 83.0 cm³/mol. The quantitative estimate of drug-likeness (QED) is 0.880. The highest BCUT2D eigenvalue weighted by atomic mass is 79.9. The first-order valence-corrected chi connectivity index (χ1v) is 7.09. The second-order valence-electron chi connectivity index (χ2n) is 4.57. The summed E-state index contributed by atoms with van der Waals surface area (Å²) in [5, 5.41) is 12.3. The number of carboxylic acids is 1. The van der Waals surface area contributed by atoms with Gasteiger partial charge in [-0.3, -0.25) is 0 Å². The summed E-state index contributed by atoms with van der Waals surface area (Å²) >= 11 is 3.57.